The molecule has 1 fully saturated rings. The number of fused-ring (bicyclic) bond motifs is 6. The van der Waals surface area contributed by atoms with Gasteiger partial charge in [-0.05, 0) is 112 Å². The molecular weight excluding hydrogens is 919 g/mol. The maximum atomic E-state index is 14.8. The molecule has 4 amide bonds. The number of benzene rings is 3. The molecule has 2 aliphatic rings. The SMILES string of the molecule is CCn1c(-c2ccccc2CN(C)C)c2c3cc(ccc31)-c1cc(O)cc(c1)C[C@H](NC(=O)[C@H](C(C)C)N(C)C(=O)c1ncc(NC(=O)/C=C/CN(C)C)s1)C(=O)N1CCC[C@H](N1)C(=O)OCC(C)(C)C2. The third kappa shape index (κ3) is 12.4. The number of aromatic hydroxyl groups is 1. The van der Waals surface area contributed by atoms with Crippen LogP contribution in [0, 0.1) is 11.3 Å². The lowest BCUT2D eigenvalue weighted by molar-refractivity contribution is -0.155. The largest absolute Gasteiger partial charge is 0.508 e. The Bertz CT molecular complexity index is 2810. The molecular formula is C54H69N9O7S. The van der Waals surface area contributed by atoms with Crippen molar-refractivity contribution in [1.82, 2.24) is 40.0 Å². The average Bonchev–Trinajstić information content (AvgIpc) is 3.90. The third-order valence-electron chi connectivity index (χ3n) is 12.9. The Kier molecular flexibility index (Phi) is 16.5. The predicted octanol–water partition coefficient (Wildman–Crippen LogP) is 6.72. The number of ether oxygens (including phenoxy) is 1. The number of hydrazine groups is 1. The van der Waals surface area contributed by atoms with Crippen LogP contribution in [0.25, 0.3) is 33.3 Å². The van der Waals surface area contributed by atoms with Gasteiger partial charge in [0.1, 0.15) is 28.9 Å². The van der Waals surface area contributed by atoms with E-state index in [1.807, 2.05) is 31.1 Å². The average molecular weight is 988 g/mol. The summed E-state index contributed by atoms with van der Waals surface area (Å²) < 4.78 is 8.50. The Labute approximate surface area is 421 Å². The molecule has 7 rings (SSSR count). The van der Waals surface area contributed by atoms with Crippen LogP contribution in [0.4, 0.5) is 5.00 Å². The minimum atomic E-state index is -1.19. The summed E-state index contributed by atoms with van der Waals surface area (Å²) in [5.74, 6) is -2.87. The maximum Gasteiger partial charge on any atom is 0.324 e. The Balaban J connectivity index is 1.26. The van der Waals surface area contributed by atoms with Gasteiger partial charge in [-0.3, -0.25) is 29.0 Å². The third-order valence-corrected chi connectivity index (χ3v) is 13.8. The normalized spacial score (nSPS) is 18.0. The molecule has 0 saturated carbocycles. The second-order valence-electron chi connectivity index (χ2n) is 20.4. The van der Waals surface area contributed by atoms with E-state index in [1.165, 1.54) is 34.8 Å². The molecule has 0 spiro atoms. The lowest BCUT2D eigenvalue weighted by Crippen LogP contribution is -2.62. The minimum absolute atomic E-state index is 0.0109. The zero-order valence-corrected chi connectivity index (χ0v) is 43.5. The topological polar surface area (TPSA) is 182 Å². The van der Waals surface area contributed by atoms with Crippen molar-refractivity contribution < 1.29 is 33.8 Å². The van der Waals surface area contributed by atoms with Gasteiger partial charge in [-0.2, -0.15) is 0 Å². The number of rotatable bonds is 13. The van der Waals surface area contributed by atoms with Crippen LogP contribution in [-0.2, 0) is 49.8 Å². The monoisotopic (exact) mass is 988 g/mol. The highest BCUT2D eigenvalue weighted by Gasteiger charge is 2.38. The number of phenols is 1. The molecule has 378 valence electrons. The molecule has 2 aliphatic heterocycles. The smallest absolute Gasteiger partial charge is 0.324 e. The number of carbonyl (C=O) groups is 5. The molecule has 16 nitrogen and oxygen atoms in total. The fraction of sp³-hybridized carbons (Fsp3) is 0.444. The molecule has 1 saturated heterocycles. The van der Waals surface area contributed by atoms with E-state index in [1.54, 1.807) is 32.1 Å². The highest BCUT2D eigenvalue weighted by molar-refractivity contribution is 7.17. The number of nitrogens with one attached hydrogen (secondary N) is 3. The standard InChI is InChI=1S/C54H69N9O7S/c1-11-62-44-21-20-35-28-40(44)41(48(62)39-17-13-12-16-36(39)31-60(8)9)29-54(4,5)32-70-53(69)42-18-14-23-63(58-42)51(67)43(26-34-24-37(35)27-38(64)25-34)56-49(66)47(33(2)3)61(10)52(68)50-55-30-46(71-50)57-45(65)19-15-22-59(6)7/h12-13,15-17,19-21,24-25,27-28,30,33,42-43,47,58,64H,11,14,18,22-23,26,29,31-32H2,1-10H3,(H,56,66)(H,57,65)/b19-15+/t42-,43-,47-/m0/s1. The van der Waals surface area contributed by atoms with Gasteiger partial charge in [-0.15, -0.1) is 0 Å². The van der Waals surface area contributed by atoms with E-state index in [9.17, 15) is 29.1 Å². The van der Waals surface area contributed by atoms with E-state index < -0.39 is 53.1 Å². The number of anilines is 1. The molecule has 6 bridgehead atoms. The van der Waals surface area contributed by atoms with Crippen LogP contribution in [0.2, 0.25) is 0 Å². The van der Waals surface area contributed by atoms with Crippen LogP contribution in [0.15, 0.2) is 79.0 Å². The van der Waals surface area contributed by atoms with Crippen molar-refractivity contribution >= 4 is 56.8 Å². The highest BCUT2D eigenvalue weighted by atomic mass is 32.1. The first-order chi connectivity index (χ1) is 33.7. The molecule has 5 aromatic rings. The molecule has 17 heteroatoms. The van der Waals surface area contributed by atoms with Crippen molar-refractivity contribution in [3.05, 3.63) is 101 Å². The summed E-state index contributed by atoms with van der Waals surface area (Å²) in [5.41, 5.74) is 10.4. The predicted molar refractivity (Wildman–Crippen MR) is 279 cm³/mol. The molecule has 71 heavy (non-hydrogen) atoms. The quantitative estimate of drug-likeness (QED) is 0.0727. The van der Waals surface area contributed by atoms with Crippen LogP contribution < -0.4 is 16.1 Å². The van der Waals surface area contributed by atoms with Crippen molar-refractivity contribution in [1.29, 1.82) is 0 Å². The van der Waals surface area contributed by atoms with Gasteiger partial charge in [0.15, 0.2) is 5.01 Å². The zero-order valence-electron chi connectivity index (χ0n) is 42.7. The van der Waals surface area contributed by atoms with E-state index in [4.69, 9.17) is 4.74 Å². The molecule has 4 N–H and O–H groups in total. The van der Waals surface area contributed by atoms with Crippen LogP contribution >= 0.6 is 11.3 Å². The van der Waals surface area contributed by atoms with Gasteiger partial charge in [0, 0.05) is 67.6 Å². The summed E-state index contributed by atoms with van der Waals surface area (Å²) in [5, 5.41) is 19.9. The Morgan fingerprint density at radius 1 is 1.01 bits per heavy atom. The summed E-state index contributed by atoms with van der Waals surface area (Å²) in [6.45, 7) is 12.4. The Morgan fingerprint density at radius 2 is 1.77 bits per heavy atom. The van der Waals surface area contributed by atoms with Gasteiger partial charge in [0.05, 0.1) is 18.5 Å². The molecule has 3 aromatic carbocycles. The lowest BCUT2D eigenvalue weighted by Gasteiger charge is -2.36. The molecule has 0 radical (unpaired) electrons. The fourth-order valence-electron chi connectivity index (χ4n) is 9.67. The molecule has 2 aromatic heterocycles. The number of hydrogen-bond donors (Lipinski definition) is 4. The number of aromatic nitrogens is 2. The number of aryl methyl sites for hydroxylation is 1. The first kappa shape index (κ1) is 52.4. The number of likely N-dealkylation sites (N-methyl/N-ethyl adjacent to an activating group) is 2. The van der Waals surface area contributed by atoms with Crippen molar-refractivity contribution in [2.45, 2.75) is 91.5 Å². The lowest BCUT2D eigenvalue weighted by atomic mass is 9.84. The number of thiazole rings is 1. The van der Waals surface area contributed by atoms with Crippen molar-refractivity contribution in [2.75, 3.05) is 60.3 Å². The molecule has 3 atom stereocenters. The fourth-order valence-corrected chi connectivity index (χ4v) is 10.5. The highest BCUT2D eigenvalue weighted by Crippen LogP contribution is 2.42. The van der Waals surface area contributed by atoms with Crippen LogP contribution in [0.3, 0.4) is 0 Å². The summed E-state index contributed by atoms with van der Waals surface area (Å²) in [4.78, 5) is 79.5. The summed E-state index contributed by atoms with van der Waals surface area (Å²) in [7, 11) is 9.41. The first-order valence-electron chi connectivity index (χ1n) is 24.3. The van der Waals surface area contributed by atoms with Crippen molar-refractivity contribution in [3.8, 4) is 28.1 Å². The molecule has 0 aliphatic carbocycles. The van der Waals surface area contributed by atoms with E-state index in [0.29, 0.717) is 42.9 Å². The number of cyclic esters (lactones) is 1. The van der Waals surface area contributed by atoms with Crippen molar-refractivity contribution in [3.63, 3.8) is 0 Å². The van der Waals surface area contributed by atoms with E-state index in [2.05, 4.69) is 102 Å². The van der Waals surface area contributed by atoms with E-state index in [-0.39, 0.29) is 36.2 Å². The van der Waals surface area contributed by atoms with Crippen LogP contribution in [0.1, 0.15) is 74.0 Å². The number of nitrogens with zero attached hydrogens (tertiary/aromatic N) is 6. The van der Waals surface area contributed by atoms with Gasteiger partial charge in [0.25, 0.3) is 11.8 Å². The summed E-state index contributed by atoms with van der Waals surface area (Å²) in [6, 6.07) is 17.0. The van der Waals surface area contributed by atoms with Gasteiger partial charge in [-0.1, -0.05) is 81.5 Å². The van der Waals surface area contributed by atoms with Crippen LogP contribution in [-0.4, -0.2) is 137 Å². The van der Waals surface area contributed by atoms with Gasteiger partial charge < -0.3 is 39.7 Å². The summed E-state index contributed by atoms with van der Waals surface area (Å²) in [6.07, 6.45) is 6.03. The van der Waals surface area contributed by atoms with Crippen LogP contribution in [0.5, 0.6) is 5.75 Å². The minimum Gasteiger partial charge on any atom is -0.508 e. The number of esters is 1. The second-order valence-corrected chi connectivity index (χ2v) is 21.4. The maximum absolute atomic E-state index is 14.8. The van der Waals surface area contributed by atoms with Gasteiger partial charge in [-0.25, -0.2) is 10.4 Å². The first-order valence-corrected chi connectivity index (χ1v) is 25.2. The number of phenolic OH excluding ortho intramolecular Hbond substituents is 1. The number of amides is 4. The second kappa shape index (κ2) is 22.4. The Morgan fingerprint density at radius 3 is 2.49 bits per heavy atom. The summed E-state index contributed by atoms with van der Waals surface area (Å²) >= 11 is 0.990. The van der Waals surface area contributed by atoms with Gasteiger partial charge >= 0.3 is 5.97 Å². The van der Waals surface area contributed by atoms with Crippen molar-refractivity contribution in [2.24, 2.45) is 11.3 Å². The molecule has 0 unspecified atom stereocenters. The van der Waals surface area contributed by atoms with Gasteiger partial charge in [0.2, 0.25) is 11.8 Å². The number of hydrogen-bond acceptors (Lipinski definition) is 12. The molecule has 4 heterocycles. The number of carbonyl (C=O) groups excluding carboxylic acids is 5. The zero-order chi connectivity index (χ0) is 51.3. The Hall–Kier alpha value is -6.40. The van der Waals surface area contributed by atoms with E-state index in [0.717, 1.165) is 56.7 Å². The van der Waals surface area contributed by atoms with E-state index >= 15 is 0 Å².